The Balaban J connectivity index is 1.38. The van der Waals surface area contributed by atoms with Gasteiger partial charge >= 0.3 is 5.97 Å². The van der Waals surface area contributed by atoms with Crippen molar-refractivity contribution in [2.24, 2.45) is 0 Å². The first-order valence-electron chi connectivity index (χ1n) is 9.40. The molecule has 3 rings (SSSR count). The van der Waals surface area contributed by atoms with Crippen LogP contribution in [0.5, 0.6) is 0 Å². The van der Waals surface area contributed by atoms with Crippen LogP contribution < -0.4 is 10.6 Å². The molecule has 6 nitrogen and oxygen atoms in total. The highest BCUT2D eigenvalue weighted by atomic mass is 16.5. The molecule has 0 aliphatic heterocycles. The van der Waals surface area contributed by atoms with E-state index in [0.717, 1.165) is 10.8 Å². The van der Waals surface area contributed by atoms with Gasteiger partial charge in [0.25, 0.3) is 5.91 Å². The lowest BCUT2D eigenvalue weighted by Gasteiger charge is -2.09. The molecule has 0 spiro atoms. The van der Waals surface area contributed by atoms with Crippen LogP contribution in [0.15, 0.2) is 72.8 Å². The molecule has 29 heavy (non-hydrogen) atoms. The third-order valence-electron chi connectivity index (χ3n) is 4.27. The van der Waals surface area contributed by atoms with Crippen molar-refractivity contribution in [1.82, 2.24) is 0 Å². The van der Waals surface area contributed by atoms with E-state index in [9.17, 15) is 14.4 Å². The van der Waals surface area contributed by atoms with E-state index < -0.39 is 11.9 Å². The van der Waals surface area contributed by atoms with E-state index in [0.29, 0.717) is 17.8 Å². The van der Waals surface area contributed by atoms with Crippen LogP contribution in [0.4, 0.5) is 11.4 Å². The molecule has 2 N–H and O–H groups in total. The molecule has 0 radical (unpaired) electrons. The highest BCUT2D eigenvalue weighted by molar-refractivity contribution is 6.02. The zero-order chi connectivity index (χ0) is 20.5. The smallest absolute Gasteiger partial charge is 0.306 e. The van der Waals surface area contributed by atoms with E-state index in [2.05, 4.69) is 10.6 Å². The highest BCUT2D eigenvalue weighted by Crippen LogP contribution is 2.22. The monoisotopic (exact) mass is 390 g/mol. The van der Waals surface area contributed by atoms with Crippen molar-refractivity contribution >= 4 is 39.9 Å². The molecule has 0 aromatic heterocycles. The lowest BCUT2D eigenvalue weighted by Crippen LogP contribution is -2.21. The molecule has 0 bridgehead atoms. The average molecular weight is 390 g/mol. The summed E-state index contributed by atoms with van der Waals surface area (Å²) < 4.78 is 5.01. The van der Waals surface area contributed by atoms with Crippen molar-refractivity contribution in [2.75, 3.05) is 17.2 Å². The molecule has 0 atom stereocenters. The number of benzene rings is 3. The molecule has 148 valence electrons. The number of ether oxygens (including phenoxy) is 1. The van der Waals surface area contributed by atoms with E-state index in [4.69, 9.17) is 4.74 Å². The summed E-state index contributed by atoms with van der Waals surface area (Å²) in [5, 5.41) is 7.44. The van der Waals surface area contributed by atoms with Crippen molar-refractivity contribution in [3.8, 4) is 0 Å². The van der Waals surface area contributed by atoms with Gasteiger partial charge in [-0.25, -0.2) is 0 Å². The first-order valence-corrected chi connectivity index (χ1v) is 9.40. The zero-order valence-corrected chi connectivity index (χ0v) is 15.9. The molecule has 2 amide bonds. The number of nitrogens with one attached hydrogen (secondary N) is 2. The van der Waals surface area contributed by atoms with E-state index in [1.807, 2.05) is 54.6 Å². The Morgan fingerprint density at radius 1 is 0.724 bits per heavy atom. The van der Waals surface area contributed by atoms with Crippen LogP contribution in [-0.2, 0) is 19.1 Å². The summed E-state index contributed by atoms with van der Waals surface area (Å²) in [5.74, 6) is -1.08. The second-order valence-electron chi connectivity index (χ2n) is 6.50. The van der Waals surface area contributed by atoms with Crippen molar-refractivity contribution in [3.05, 3.63) is 72.8 Å². The van der Waals surface area contributed by atoms with Crippen molar-refractivity contribution < 1.29 is 19.1 Å². The van der Waals surface area contributed by atoms with Gasteiger partial charge in [0.1, 0.15) is 0 Å². The Labute approximate surface area is 168 Å². The molecule has 0 fully saturated rings. The van der Waals surface area contributed by atoms with Crippen LogP contribution in [0, 0.1) is 0 Å². The number of hydrogen-bond acceptors (Lipinski definition) is 4. The third kappa shape index (κ3) is 6.17. The third-order valence-corrected chi connectivity index (χ3v) is 4.27. The van der Waals surface area contributed by atoms with Gasteiger partial charge in [-0.05, 0) is 30.0 Å². The summed E-state index contributed by atoms with van der Waals surface area (Å²) in [7, 11) is 0. The topological polar surface area (TPSA) is 84.5 Å². The molecule has 3 aromatic rings. The number of rotatable bonds is 8. The zero-order valence-electron chi connectivity index (χ0n) is 15.9. The number of esters is 1. The lowest BCUT2D eigenvalue weighted by atomic mass is 10.1. The Kier molecular flexibility index (Phi) is 6.95. The van der Waals surface area contributed by atoms with Crippen LogP contribution in [0.25, 0.3) is 10.8 Å². The van der Waals surface area contributed by atoms with Gasteiger partial charge in [0, 0.05) is 29.6 Å². The second-order valence-corrected chi connectivity index (χ2v) is 6.50. The molecule has 0 aliphatic rings. The molecule has 0 heterocycles. The standard InChI is InChI=1S/C23H22N2O4/c26-21(24-18-10-2-1-3-11-18)14-7-15-23(28)29-16-22(27)25-20-13-6-9-17-8-4-5-12-19(17)20/h1-6,8-13H,7,14-16H2,(H,24,26)(H,25,27). The van der Waals surface area contributed by atoms with Gasteiger partial charge in [-0.15, -0.1) is 0 Å². The fourth-order valence-electron chi connectivity index (χ4n) is 2.88. The fourth-order valence-corrected chi connectivity index (χ4v) is 2.88. The number of carbonyl (C=O) groups is 3. The van der Waals surface area contributed by atoms with Crippen LogP contribution >= 0.6 is 0 Å². The van der Waals surface area contributed by atoms with Gasteiger partial charge in [-0.1, -0.05) is 54.6 Å². The van der Waals surface area contributed by atoms with Gasteiger partial charge in [0.15, 0.2) is 6.61 Å². The number of carbonyl (C=O) groups excluding carboxylic acids is 3. The summed E-state index contributed by atoms with van der Waals surface area (Å²) in [6.07, 6.45) is 0.623. The van der Waals surface area contributed by atoms with Crippen LogP contribution in [0.1, 0.15) is 19.3 Å². The second kappa shape index (κ2) is 10.0. The Morgan fingerprint density at radius 3 is 2.28 bits per heavy atom. The molecule has 0 unspecified atom stereocenters. The number of fused-ring (bicyclic) bond motifs is 1. The molecule has 0 saturated carbocycles. The summed E-state index contributed by atoms with van der Waals surface area (Å²) in [6, 6.07) is 22.4. The highest BCUT2D eigenvalue weighted by Gasteiger charge is 2.10. The molecular formula is C23H22N2O4. The average Bonchev–Trinajstić information content (AvgIpc) is 2.73. The maximum absolute atomic E-state index is 12.1. The number of anilines is 2. The number of amides is 2. The van der Waals surface area contributed by atoms with E-state index >= 15 is 0 Å². The number of para-hydroxylation sites is 1. The maximum atomic E-state index is 12.1. The number of hydrogen-bond donors (Lipinski definition) is 2. The summed E-state index contributed by atoms with van der Waals surface area (Å²) in [5.41, 5.74) is 1.38. The van der Waals surface area contributed by atoms with Gasteiger partial charge in [-0.3, -0.25) is 14.4 Å². The van der Waals surface area contributed by atoms with Gasteiger partial charge < -0.3 is 15.4 Å². The SMILES string of the molecule is O=C(CCCC(=O)OCC(=O)Nc1cccc2ccccc12)Nc1ccccc1. The van der Waals surface area contributed by atoms with E-state index in [1.165, 1.54) is 0 Å². The van der Waals surface area contributed by atoms with E-state index in [-0.39, 0.29) is 25.4 Å². The predicted molar refractivity (Wildman–Crippen MR) is 112 cm³/mol. The fraction of sp³-hybridized carbons (Fsp3) is 0.174. The van der Waals surface area contributed by atoms with Crippen molar-refractivity contribution in [2.45, 2.75) is 19.3 Å². The summed E-state index contributed by atoms with van der Waals surface area (Å²) in [4.78, 5) is 35.8. The maximum Gasteiger partial charge on any atom is 0.306 e. The Hall–Kier alpha value is -3.67. The molecule has 6 heteroatoms. The largest absolute Gasteiger partial charge is 0.456 e. The summed E-state index contributed by atoms with van der Waals surface area (Å²) in [6.45, 7) is -0.363. The molecule has 0 aliphatic carbocycles. The van der Waals surface area contributed by atoms with Crippen LogP contribution in [-0.4, -0.2) is 24.4 Å². The Morgan fingerprint density at radius 2 is 1.45 bits per heavy atom. The quantitative estimate of drug-likeness (QED) is 0.567. The van der Waals surface area contributed by atoms with Gasteiger partial charge in [0.05, 0.1) is 0 Å². The predicted octanol–water partition coefficient (Wildman–Crippen LogP) is 4.13. The van der Waals surface area contributed by atoms with Crippen LogP contribution in [0.2, 0.25) is 0 Å². The lowest BCUT2D eigenvalue weighted by molar-refractivity contribution is -0.147. The van der Waals surface area contributed by atoms with Crippen molar-refractivity contribution in [1.29, 1.82) is 0 Å². The molecule has 3 aromatic carbocycles. The van der Waals surface area contributed by atoms with Crippen molar-refractivity contribution in [3.63, 3.8) is 0 Å². The summed E-state index contributed by atoms with van der Waals surface area (Å²) >= 11 is 0. The van der Waals surface area contributed by atoms with Crippen LogP contribution in [0.3, 0.4) is 0 Å². The minimum Gasteiger partial charge on any atom is -0.456 e. The van der Waals surface area contributed by atoms with E-state index in [1.54, 1.807) is 18.2 Å². The normalized spacial score (nSPS) is 10.3. The molecule has 0 saturated heterocycles. The minimum atomic E-state index is -0.509. The van der Waals surface area contributed by atoms with Gasteiger partial charge in [-0.2, -0.15) is 0 Å². The first kappa shape index (κ1) is 20.1. The molecular weight excluding hydrogens is 368 g/mol. The van der Waals surface area contributed by atoms with Gasteiger partial charge in [0.2, 0.25) is 5.91 Å². The minimum absolute atomic E-state index is 0.0732. The first-order chi connectivity index (χ1) is 14.1. The Bertz CT molecular complexity index is 997.